The van der Waals surface area contributed by atoms with Gasteiger partial charge in [0.05, 0.1) is 0 Å². The smallest absolute Gasteiger partial charge is 0.222 e. The van der Waals surface area contributed by atoms with Crippen LogP contribution in [0.4, 0.5) is 0 Å². The molecule has 5 heteroatoms. The molecule has 1 aromatic rings. The van der Waals surface area contributed by atoms with Crippen LogP contribution in [-0.4, -0.2) is 58.5 Å². The van der Waals surface area contributed by atoms with E-state index < -0.39 is 0 Å². The molecule has 0 aliphatic carbocycles. The molecule has 124 valence electrons. The SMILES string of the molecule is Cc1nccn1CCCC(=O)N1CCCCC1CCN(C)C. The summed E-state index contributed by atoms with van der Waals surface area (Å²) in [6.45, 7) is 4.89. The first-order valence-electron chi connectivity index (χ1n) is 8.50. The maximum absolute atomic E-state index is 12.6. The van der Waals surface area contributed by atoms with E-state index in [2.05, 4.69) is 33.4 Å². The number of aromatic nitrogens is 2. The lowest BCUT2D eigenvalue weighted by molar-refractivity contribution is -0.135. The van der Waals surface area contributed by atoms with Crippen LogP contribution >= 0.6 is 0 Å². The number of nitrogens with zero attached hydrogens (tertiary/aromatic N) is 4. The van der Waals surface area contributed by atoms with Gasteiger partial charge >= 0.3 is 0 Å². The summed E-state index contributed by atoms with van der Waals surface area (Å²) >= 11 is 0. The van der Waals surface area contributed by atoms with Crippen LogP contribution in [0.15, 0.2) is 12.4 Å². The second-order valence-electron chi connectivity index (χ2n) is 6.60. The molecule has 0 radical (unpaired) electrons. The Hall–Kier alpha value is -1.36. The van der Waals surface area contributed by atoms with E-state index in [0.29, 0.717) is 18.4 Å². The van der Waals surface area contributed by atoms with Crippen molar-refractivity contribution in [3.05, 3.63) is 18.2 Å². The molecular formula is C17H30N4O. The quantitative estimate of drug-likeness (QED) is 0.776. The summed E-state index contributed by atoms with van der Waals surface area (Å²) in [6, 6.07) is 0.443. The Kier molecular flexibility index (Phi) is 6.43. The Labute approximate surface area is 134 Å². The molecule has 0 saturated carbocycles. The molecule has 1 saturated heterocycles. The number of hydrogen-bond acceptors (Lipinski definition) is 3. The van der Waals surface area contributed by atoms with Crippen LogP contribution in [-0.2, 0) is 11.3 Å². The number of carbonyl (C=O) groups is 1. The van der Waals surface area contributed by atoms with Crippen molar-refractivity contribution in [2.45, 2.75) is 58.0 Å². The van der Waals surface area contributed by atoms with Crippen LogP contribution < -0.4 is 0 Å². The van der Waals surface area contributed by atoms with Gasteiger partial charge in [0, 0.05) is 37.9 Å². The van der Waals surface area contributed by atoms with Crippen LogP contribution in [0.25, 0.3) is 0 Å². The third-order valence-corrected chi connectivity index (χ3v) is 4.57. The van der Waals surface area contributed by atoms with Gasteiger partial charge in [0.1, 0.15) is 5.82 Å². The highest BCUT2D eigenvalue weighted by atomic mass is 16.2. The van der Waals surface area contributed by atoms with Crippen molar-refractivity contribution in [3.63, 3.8) is 0 Å². The van der Waals surface area contributed by atoms with Crippen molar-refractivity contribution < 1.29 is 4.79 Å². The van der Waals surface area contributed by atoms with E-state index in [9.17, 15) is 4.79 Å². The second-order valence-corrected chi connectivity index (χ2v) is 6.60. The molecule has 1 atom stereocenters. The number of piperidine rings is 1. The summed E-state index contributed by atoms with van der Waals surface area (Å²) in [5, 5.41) is 0. The van der Waals surface area contributed by atoms with Crippen molar-refractivity contribution >= 4 is 5.91 Å². The highest BCUT2D eigenvalue weighted by Gasteiger charge is 2.25. The largest absolute Gasteiger partial charge is 0.340 e. The number of amides is 1. The lowest BCUT2D eigenvalue weighted by Crippen LogP contribution is -2.44. The summed E-state index contributed by atoms with van der Waals surface area (Å²) in [7, 11) is 4.20. The molecule has 5 nitrogen and oxygen atoms in total. The topological polar surface area (TPSA) is 41.4 Å². The van der Waals surface area contributed by atoms with E-state index in [-0.39, 0.29) is 0 Å². The van der Waals surface area contributed by atoms with Crippen molar-refractivity contribution in [2.75, 3.05) is 27.2 Å². The fourth-order valence-electron chi connectivity index (χ4n) is 3.22. The number of imidazole rings is 1. The Bertz CT molecular complexity index is 469. The lowest BCUT2D eigenvalue weighted by Gasteiger charge is -2.36. The molecular weight excluding hydrogens is 276 g/mol. The second kappa shape index (κ2) is 8.32. The standard InChI is InChI=1S/C17H30N4O/c1-15-18-10-14-20(15)11-6-8-17(22)21-12-5-4-7-16(21)9-13-19(2)3/h10,14,16H,4-9,11-13H2,1-3H3. The van der Waals surface area contributed by atoms with E-state index in [1.54, 1.807) is 0 Å². The number of likely N-dealkylation sites (tertiary alicyclic amines) is 1. The molecule has 1 amide bonds. The van der Waals surface area contributed by atoms with Crippen LogP contribution in [0.2, 0.25) is 0 Å². The van der Waals surface area contributed by atoms with Crippen LogP contribution in [0.5, 0.6) is 0 Å². The van der Waals surface area contributed by atoms with E-state index in [0.717, 1.165) is 44.7 Å². The van der Waals surface area contributed by atoms with Crippen LogP contribution in [0.1, 0.15) is 44.3 Å². The maximum atomic E-state index is 12.6. The normalized spacial score (nSPS) is 18.9. The van der Waals surface area contributed by atoms with Crippen LogP contribution in [0.3, 0.4) is 0 Å². The van der Waals surface area contributed by atoms with E-state index in [1.807, 2.05) is 19.3 Å². The zero-order chi connectivity index (χ0) is 15.9. The highest BCUT2D eigenvalue weighted by molar-refractivity contribution is 5.76. The van der Waals surface area contributed by atoms with Crippen molar-refractivity contribution in [2.24, 2.45) is 0 Å². The molecule has 0 bridgehead atoms. The zero-order valence-electron chi connectivity index (χ0n) is 14.3. The first-order chi connectivity index (χ1) is 10.6. The van der Waals surface area contributed by atoms with Crippen molar-refractivity contribution in [1.29, 1.82) is 0 Å². The summed E-state index contributed by atoms with van der Waals surface area (Å²) in [6.07, 6.45) is 10.0. The zero-order valence-corrected chi connectivity index (χ0v) is 14.3. The van der Waals surface area contributed by atoms with Gasteiger partial charge in [0.2, 0.25) is 5.91 Å². The van der Waals surface area contributed by atoms with Gasteiger partial charge in [-0.05, 0) is 59.7 Å². The number of aryl methyl sites for hydroxylation is 2. The predicted molar refractivity (Wildman–Crippen MR) is 88.7 cm³/mol. The molecule has 1 fully saturated rings. The Morgan fingerprint density at radius 2 is 2.23 bits per heavy atom. The van der Waals surface area contributed by atoms with E-state index >= 15 is 0 Å². The number of rotatable bonds is 7. The van der Waals surface area contributed by atoms with Crippen molar-refractivity contribution in [1.82, 2.24) is 19.4 Å². The predicted octanol–water partition coefficient (Wildman–Crippen LogP) is 2.30. The van der Waals surface area contributed by atoms with Gasteiger partial charge in [0.25, 0.3) is 0 Å². The van der Waals surface area contributed by atoms with Gasteiger partial charge in [-0.3, -0.25) is 4.79 Å². The van der Waals surface area contributed by atoms with Gasteiger partial charge in [-0.15, -0.1) is 0 Å². The van der Waals surface area contributed by atoms with Gasteiger partial charge in [0.15, 0.2) is 0 Å². The van der Waals surface area contributed by atoms with Gasteiger partial charge in [-0.2, -0.15) is 0 Å². The Balaban J connectivity index is 1.79. The Morgan fingerprint density at radius 3 is 2.91 bits per heavy atom. The van der Waals surface area contributed by atoms with E-state index in [4.69, 9.17) is 0 Å². The van der Waals surface area contributed by atoms with E-state index in [1.165, 1.54) is 12.8 Å². The summed E-state index contributed by atoms with van der Waals surface area (Å²) < 4.78 is 2.12. The molecule has 0 N–H and O–H groups in total. The molecule has 2 rings (SSSR count). The fraction of sp³-hybridized carbons (Fsp3) is 0.765. The first-order valence-corrected chi connectivity index (χ1v) is 8.50. The van der Waals surface area contributed by atoms with Gasteiger partial charge < -0.3 is 14.4 Å². The molecule has 22 heavy (non-hydrogen) atoms. The van der Waals surface area contributed by atoms with Crippen molar-refractivity contribution in [3.8, 4) is 0 Å². The molecule has 2 heterocycles. The number of carbonyl (C=O) groups excluding carboxylic acids is 1. The summed E-state index contributed by atoms with van der Waals surface area (Å²) in [5.41, 5.74) is 0. The van der Waals surface area contributed by atoms with Gasteiger partial charge in [-0.25, -0.2) is 4.98 Å². The molecule has 1 aliphatic rings. The minimum absolute atomic E-state index is 0.334. The highest BCUT2D eigenvalue weighted by Crippen LogP contribution is 2.21. The molecule has 0 spiro atoms. The number of hydrogen-bond donors (Lipinski definition) is 0. The monoisotopic (exact) mass is 306 g/mol. The molecule has 0 aromatic carbocycles. The minimum Gasteiger partial charge on any atom is -0.340 e. The average Bonchev–Trinajstić information content (AvgIpc) is 2.90. The first kappa shape index (κ1) is 17.0. The van der Waals surface area contributed by atoms with Crippen LogP contribution in [0, 0.1) is 6.92 Å². The fourth-order valence-corrected chi connectivity index (χ4v) is 3.22. The minimum atomic E-state index is 0.334. The lowest BCUT2D eigenvalue weighted by atomic mass is 9.98. The average molecular weight is 306 g/mol. The third kappa shape index (κ3) is 4.83. The molecule has 1 aliphatic heterocycles. The molecule has 1 unspecified atom stereocenters. The summed E-state index contributed by atoms with van der Waals surface area (Å²) in [5.74, 6) is 1.36. The Morgan fingerprint density at radius 1 is 1.41 bits per heavy atom. The maximum Gasteiger partial charge on any atom is 0.222 e. The third-order valence-electron chi connectivity index (χ3n) is 4.57. The molecule has 1 aromatic heterocycles. The summed E-state index contributed by atoms with van der Waals surface area (Å²) in [4.78, 5) is 21.1. The van der Waals surface area contributed by atoms with Gasteiger partial charge in [-0.1, -0.05) is 0 Å².